The zero-order valence-corrected chi connectivity index (χ0v) is 15.7. The van der Waals surface area contributed by atoms with Gasteiger partial charge in [0.1, 0.15) is 4.90 Å². The monoisotopic (exact) mass is 395 g/mol. The number of hydrogen-bond acceptors (Lipinski definition) is 4. The number of rotatable bonds is 3. The van der Waals surface area contributed by atoms with E-state index < -0.39 is 15.6 Å². The molecule has 0 atom stereocenters. The first-order valence-corrected chi connectivity index (χ1v) is 9.42. The molecule has 0 saturated heterocycles. The van der Waals surface area contributed by atoms with Crippen molar-refractivity contribution in [3.05, 3.63) is 62.6 Å². The number of para-hydroxylation sites is 1. The lowest BCUT2D eigenvalue weighted by molar-refractivity contribution is 0.520. The average molecular weight is 396 g/mol. The van der Waals surface area contributed by atoms with Crippen LogP contribution in [-0.2, 0) is 10.0 Å². The van der Waals surface area contributed by atoms with Gasteiger partial charge in [0.25, 0.3) is 5.56 Å². The van der Waals surface area contributed by atoms with E-state index in [9.17, 15) is 13.2 Å². The van der Waals surface area contributed by atoms with Gasteiger partial charge in [0.2, 0.25) is 10.0 Å². The SMILES string of the molecule is CN(C)S(=O)(=O)c1ccccc1-n1c(=S)[nH]c2cc(Cl)ccc2c1=O. The van der Waals surface area contributed by atoms with Crippen molar-refractivity contribution in [2.45, 2.75) is 4.90 Å². The van der Waals surface area contributed by atoms with Crippen molar-refractivity contribution in [2.75, 3.05) is 14.1 Å². The van der Waals surface area contributed by atoms with Crippen LogP contribution in [0.25, 0.3) is 16.6 Å². The van der Waals surface area contributed by atoms with Crippen LogP contribution in [0, 0.1) is 4.77 Å². The molecule has 0 unspecified atom stereocenters. The molecule has 0 radical (unpaired) electrons. The highest BCUT2D eigenvalue weighted by Gasteiger charge is 2.23. The number of nitrogens with zero attached hydrogens (tertiary/aromatic N) is 2. The van der Waals surface area contributed by atoms with E-state index in [2.05, 4.69) is 4.98 Å². The Morgan fingerprint density at radius 3 is 2.52 bits per heavy atom. The normalized spacial score (nSPS) is 12.0. The summed E-state index contributed by atoms with van der Waals surface area (Å²) in [4.78, 5) is 15.9. The number of fused-ring (bicyclic) bond motifs is 1. The number of sulfonamides is 1. The predicted molar refractivity (Wildman–Crippen MR) is 101 cm³/mol. The number of benzene rings is 2. The molecule has 1 aromatic heterocycles. The first-order chi connectivity index (χ1) is 11.7. The largest absolute Gasteiger partial charge is 0.331 e. The molecule has 0 aliphatic carbocycles. The first kappa shape index (κ1) is 17.8. The molecule has 1 N–H and O–H groups in total. The average Bonchev–Trinajstić information content (AvgIpc) is 2.54. The van der Waals surface area contributed by atoms with Crippen LogP contribution in [0.5, 0.6) is 0 Å². The van der Waals surface area contributed by atoms with Crippen LogP contribution in [0.15, 0.2) is 52.2 Å². The zero-order valence-electron chi connectivity index (χ0n) is 13.4. The molecule has 6 nitrogen and oxygen atoms in total. The van der Waals surface area contributed by atoms with Gasteiger partial charge in [-0.25, -0.2) is 12.7 Å². The highest BCUT2D eigenvalue weighted by atomic mass is 35.5. The Morgan fingerprint density at radius 2 is 1.84 bits per heavy atom. The molecule has 0 aliphatic heterocycles. The summed E-state index contributed by atoms with van der Waals surface area (Å²) < 4.78 is 27.6. The molecule has 0 spiro atoms. The summed E-state index contributed by atoms with van der Waals surface area (Å²) in [5, 5.41) is 0.820. The highest BCUT2D eigenvalue weighted by Crippen LogP contribution is 2.22. The van der Waals surface area contributed by atoms with Crippen LogP contribution in [0.2, 0.25) is 5.02 Å². The van der Waals surface area contributed by atoms with Crippen LogP contribution < -0.4 is 5.56 Å². The Hall–Kier alpha value is -2.00. The van der Waals surface area contributed by atoms with Crippen molar-refractivity contribution in [3.63, 3.8) is 0 Å². The minimum absolute atomic E-state index is 0.00471. The van der Waals surface area contributed by atoms with Gasteiger partial charge in [-0.05, 0) is 42.5 Å². The van der Waals surface area contributed by atoms with E-state index in [-0.39, 0.29) is 15.4 Å². The van der Waals surface area contributed by atoms with Crippen LogP contribution in [0.1, 0.15) is 0 Å². The fraction of sp³-hybridized carbons (Fsp3) is 0.125. The molecule has 0 bridgehead atoms. The third kappa shape index (κ3) is 3.02. The fourth-order valence-corrected chi connectivity index (χ4v) is 4.00. The maximum Gasteiger partial charge on any atom is 0.266 e. The topological polar surface area (TPSA) is 75.2 Å². The van der Waals surface area contributed by atoms with Gasteiger partial charge in [-0.3, -0.25) is 9.36 Å². The Bertz CT molecular complexity index is 1200. The number of halogens is 1. The second-order valence-electron chi connectivity index (χ2n) is 5.52. The molecule has 1 heterocycles. The molecule has 0 aliphatic rings. The van der Waals surface area contributed by atoms with E-state index in [0.29, 0.717) is 15.9 Å². The Morgan fingerprint density at radius 1 is 1.16 bits per heavy atom. The molecular weight excluding hydrogens is 382 g/mol. The van der Waals surface area contributed by atoms with E-state index in [1.807, 2.05) is 0 Å². The van der Waals surface area contributed by atoms with E-state index in [4.69, 9.17) is 23.8 Å². The minimum Gasteiger partial charge on any atom is -0.331 e. The summed E-state index contributed by atoms with van der Waals surface area (Å²) in [5.41, 5.74) is 0.267. The zero-order chi connectivity index (χ0) is 18.4. The van der Waals surface area contributed by atoms with Gasteiger partial charge in [-0.1, -0.05) is 23.7 Å². The molecule has 3 aromatic rings. The van der Waals surface area contributed by atoms with Crippen molar-refractivity contribution in [3.8, 4) is 5.69 Å². The summed E-state index contributed by atoms with van der Waals surface area (Å²) in [6.45, 7) is 0. The van der Waals surface area contributed by atoms with Crippen LogP contribution in [0.4, 0.5) is 0 Å². The third-order valence-electron chi connectivity index (χ3n) is 3.72. The summed E-state index contributed by atoms with van der Waals surface area (Å²) in [7, 11) is -0.900. The van der Waals surface area contributed by atoms with Crippen molar-refractivity contribution >= 4 is 44.7 Å². The minimum atomic E-state index is -3.76. The summed E-state index contributed by atoms with van der Waals surface area (Å²) in [5.74, 6) is 0. The lowest BCUT2D eigenvalue weighted by atomic mass is 10.2. The molecule has 0 amide bonds. The number of H-pyrrole nitrogens is 1. The standard InChI is InChI=1S/C16H14ClN3O3S2/c1-19(2)25(22,23)14-6-4-3-5-13(14)20-15(21)11-8-7-10(17)9-12(11)18-16(20)24/h3-9H,1-2H3,(H,18,24). The molecule has 9 heteroatoms. The molecule has 3 rings (SSSR count). The summed E-state index contributed by atoms with van der Waals surface area (Å²) >= 11 is 11.2. The van der Waals surface area contributed by atoms with Crippen molar-refractivity contribution in [1.29, 1.82) is 0 Å². The Kier molecular flexibility index (Phi) is 4.54. The van der Waals surface area contributed by atoms with E-state index in [0.717, 1.165) is 4.31 Å². The van der Waals surface area contributed by atoms with Crippen LogP contribution in [0.3, 0.4) is 0 Å². The Labute approximate surface area is 154 Å². The first-order valence-electron chi connectivity index (χ1n) is 7.20. The lowest BCUT2D eigenvalue weighted by Crippen LogP contribution is -2.27. The van der Waals surface area contributed by atoms with E-state index >= 15 is 0 Å². The van der Waals surface area contributed by atoms with E-state index in [1.165, 1.54) is 24.7 Å². The third-order valence-corrected chi connectivity index (χ3v) is 6.11. The highest BCUT2D eigenvalue weighted by molar-refractivity contribution is 7.89. The number of hydrogen-bond donors (Lipinski definition) is 1. The molecule has 25 heavy (non-hydrogen) atoms. The predicted octanol–water partition coefficient (Wildman–Crippen LogP) is 2.95. The number of aromatic nitrogens is 2. The van der Waals surface area contributed by atoms with Crippen molar-refractivity contribution in [1.82, 2.24) is 13.9 Å². The van der Waals surface area contributed by atoms with Gasteiger partial charge in [0.05, 0.1) is 16.6 Å². The van der Waals surface area contributed by atoms with Crippen molar-refractivity contribution in [2.24, 2.45) is 0 Å². The molecular formula is C16H14ClN3O3S2. The van der Waals surface area contributed by atoms with Crippen LogP contribution in [-0.4, -0.2) is 36.4 Å². The maximum atomic E-state index is 12.9. The van der Waals surface area contributed by atoms with Gasteiger partial charge in [-0.15, -0.1) is 0 Å². The van der Waals surface area contributed by atoms with Gasteiger partial charge in [0, 0.05) is 19.1 Å². The van der Waals surface area contributed by atoms with Gasteiger partial charge in [0.15, 0.2) is 4.77 Å². The van der Waals surface area contributed by atoms with Crippen molar-refractivity contribution < 1.29 is 8.42 Å². The number of nitrogens with one attached hydrogen (secondary N) is 1. The molecule has 0 fully saturated rings. The molecule has 130 valence electrons. The number of aromatic amines is 1. The lowest BCUT2D eigenvalue weighted by Gasteiger charge is -2.16. The van der Waals surface area contributed by atoms with Gasteiger partial charge < -0.3 is 4.98 Å². The quantitative estimate of drug-likeness (QED) is 0.692. The second kappa shape index (κ2) is 6.38. The van der Waals surface area contributed by atoms with Gasteiger partial charge >= 0.3 is 0 Å². The fourth-order valence-electron chi connectivity index (χ4n) is 2.47. The van der Waals surface area contributed by atoms with Gasteiger partial charge in [-0.2, -0.15) is 0 Å². The molecule has 0 saturated carbocycles. The Balaban J connectivity index is 2.42. The van der Waals surface area contributed by atoms with E-state index in [1.54, 1.807) is 36.4 Å². The second-order valence-corrected chi connectivity index (χ2v) is 8.46. The maximum absolute atomic E-state index is 12.9. The summed E-state index contributed by atoms with van der Waals surface area (Å²) in [6.07, 6.45) is 0. The summed E-state index contributed by atoms with van der Waals surface area (Å²) in [6, 6.07) is 11.0. The van der Waals surface area contributed by atoms with Crippen LogP contribution >= 0.6 is 23.8 Å². The smallest absolute Gasteiger partial charge is 0.266 e. The molecule has 2 aromatic carbocycles.